The summed E-state index contributed by atoms with van der Waals surface area (Å²) in [5.41, 5.74) is 7.46. The van der Waals surface area contributed by atoms with Gasteiger partial charge in [0, 0.05) is 5.75 Å². The Labute approximate surface area is 69.8 Å². The molecule has 1 atom stereocenters. The van der Waals surface area contributed by atoms with E-state index in [-0.39, 0.29) is 0 Å². The third-order valence-electron chi connectivity index (χ3n) is 1.92. The quantitative estimate of drug-likeness (QED) is 0.605. The number of nitrogens with two attached hydrogens (primary N) is 1. The van der Waals surface area contributed by atoms with Gasteiger partial charge in [0.2, 0.25) is 0 Å². The molecule has 1 unspecified atom stereocenters. The van der Waals surface area contributed by atoms with Gasteiger partial charge in [-0.15, -0.1) is 11.8 Å². The van der Waals surface area contributed by atoms with E-state index in [2.05, 4.69) is 0 Å². The van der Waals surface area contributed by atoms with Gasteiger partial charge in [0.1, 0.15) is 0 Å². The molecule has 2 rings (SSSR count). The molecule has 3 heteroatoms. The molecular weight excluding hydrogens is 162 g/mol. The lowest BCUT2D eigenvalue weighted by Gasteiger charge is -2.11. The topological polar surface area (TPSA) is 26.0 Å². The minimum Gasteiger partial charge on any atom is -0.319 e. The van der Waals surface area contributed by atoms with Crippen molar-refractivity contribution in [2.75, 3.05) is 11.5 Å². The zero-order chi connectivity index (χ0) is 6.97. The van der Waals surface area contributed by atoms with Crippen LogP contribution in [0, 0.1) is 0 Å². The second-order valence-electron chi connectivity index (χ2n) is 2.69. The number of rotatable bonds is 0. The van der Waals surface area contributed by atoms with E-state index >= 15 is 0 Å². The highest BCUT2D eigenvalue weighted by Crippen LogP contribution is 2.41. The van der Waals surface area contributed by atoms with E-state index in [1.165, 1.54) is 17.9 Å². The molecule has 0 aromatic carbocycles. The zero-order valence-electron chi connectivity index (χ0n) is 5.80. The summed E-state index contributed by atoms with van der Waals surface area (Å²) in [6.45, 7) is 0. The van der Waals surface area contributed by atoms with E-state index in [0.29, 0.717) is 5.37 Å². The van der Waals surface area contributed by atoms with Crippen molar-refractivity contribution in [3.8, 4) is 0 Å². The van der Waals surface area contributed by atoms with E-state index in [1.54, 1.807) is 10.5 Å². The predicted molar refractivity (Wildman–Crippen MR) is 49.2 cm³/mol. The highest BCUT2D eigenvalue weighted by Gasteiger charge is 2.23. The van der Waals surface area contributed by atoms with Crippen LogP contribution in [0.25, 0.3) is 0 Å². The van der Waals surface area contributed by atoms with Crippen LogP contribution in [-0.2, 0) is 0 Å². The van der Waals surface area contributed by atoms with Gasteiger partial charge in [-0.2, -0.15) is 11.8 Å². The van der Waals surface area contributed by atoms with Gasteiger partial charge in [-0.1, -0.05) is 5.57 Å². The van der Waals surface area contributed by atoms with Gasteiger partial charge in [0.25, 0.3) is 0 Å². The van der Waals surface area contributed by atoms with Crippen LogP contribution < -0.4 is 5.73 Å². The van der Waals surface area contributed by atoms with Gasteiger partial charge in [-0.25, -0.2) is 0 Å². The molecule has 0 fully saturated rings. The number of hydrogen-bond acceptors (Lipinski definition) is 3. The minimum atomic E-state index is 0.378. The van der Waals surface area contributed by atoms with Crippen molar-refractivity contribution in [3.63, 3.8) is 0 Å². The normalized spacial score (nSPS) is 32.7. The summed E-state index contributed by atoms with van der Waals surface area (Å²) in [6, 6.07) is 0. The monoisotopic (exact) mass is 173 g/mol. The fourth-order valence-corrected chi connectivity index (χ4v) is 3.85. The average Bonchev–Trinajstić information content (AvgIpc) is 2.27. The molecule has 0 aromatic heterocycles. The Morgan fingerprint density at radius 1 is 1.50 bits per heavy atom. The van der Waals surface area contributed by atoms with Crippen LogP contribution in [-0.4, -0.2) is 16.9 Å². The lowest BCUT2D eigenvalue weighted by atomic mass is 10.1. The fourth-order valence-electron chi connectivity index (χ4n) is 1.40. The summed E-state index contributed by atoms with van der Waals surface area (Å²) in [7, 11) is 0. The molecule has 56 valence electrons. The Morgan fingerprint density at radius 2 is 2.40 bits per heavy atom. The zero-order valence-corrected chi connectivity index (χ0v) is 7.43. The third kappa shape index (κ3) is 1.22. The average molecular weight is 173 g/mol. The minimum absolute atomic E-state index is 0.378. The van der Waals surface area contributed by atoms with E-state index < -0.39 is 0 Å². The van der Waals surface area contributed by atoms with Crippen molar-refractivity contribution in [3.05, 3.63) is 10.5 Å². The van der Waals surface area contributed by atoms with Gasteiger partial charge in [-0.05, 0) is 23.5 Å². The van der Waals surface area contributed by atoms with Crippen LogP contribution in [0.3, 0.4) is 0 Å². The maximum atomic E-state index is 5.81. The Morgan fingerprint density at radius 3 is 3.20 bits per heavy atom. The maximum Gasteiger partial charge on any atom is 0.0589 e. The lowest BCUT2D eigenvalue weighted by molar-refractivity contribution is 0.865. The van der Waals surface area contributed by atoms with Crippen molar-refractivity contribution in [2.45, 2.75) is 18.2 Å². The SMILES string of the molecule is NC1CC2=C(CSCC2)S1. The first-order valence-electron chi connectivity index (χ1n) is 3.57. The van der Waals surface area contributed by atoms with Crippen molar-refractivity contribution in [2.24, 2.45) is 5.73 Å². The van der Waals surface area contributed by atoms with Gasteiger partial charge in [0.05, 0.1) is 5.37 Å². The van der Waals surface area contributed by atoms with E-state index in [4.69, 9.17) is 5.73 Å². The molecular formula is C7H11NS2. The molecule has 0 saturated heterocycles. The molecule has 0 spiro atoms. The molecule has 0 bridgehead atoms. The first kappa shape index (κ1) is 7.07. The van der Waals surface area contributed by atoms with Gasteiger partial charge < -0.3 is 5.73 Å². The molecule has 2 aliphatic heterocycles. The smallest absolute Gasteiger partial charge is 0.0589 e. The molecule has 0 saturated carbocycles. The Balaban J connectivity index is 2.13. The summed E-state index contributed by atoms with van der Waals surface area (Å²) >= 11 is 3.93. The van der Waals surface area contributed by atoms with Crippen molar-refractivity contribution in [1.82, 2.24) is 0 Å². The summed E-state index contributed by atoms with van der Waals surface area (Å²) in [4.78, 5) is 1.59. The molecule has 2 aliphatic rings. The molecule has 2 heterocycles. The summed E-state index contributed by atoms with van der Waals surface area (Å²) in [5, 5.41) is 0.378. The van der Waals surface area contributed by atoms with E-state index in [1.807, 2.05) is 23.5 Å². The highest BCUT2D eigenvalue weighted by molar-refractivity contribution is 8.06. The van der Waals surface area contributed by atoms with Crippen LogP contribution in [0.1, 0.15) is 12.8 Å². The second kappa shape index (κ2) is 2.80. The molecule has 0 amide bonds. The molecule has 0 radical (unpaired) electrons. The van der Waals surface area contributed by atoms with Crippen LogP contribution in [0.15, 0.2) is 10.5 Å². The first-order valence-corrected chi connectivity index (χ1v) is 5.60. The summed E-state index contributed by atoms with van der Waals surface area (Å²) in [5.74, 6) is 2.54. The standard InChI is InChI=1S/C7H11NS2/c8-7-3-5-1-2-9-4-6(5)10-7/h7H,1-4,8H2. The lowest BCUT2D eigenvalue weighted by Crippen LogP contribution is -2.10. The second-order valence-corrected chi connectivity index (χ2v) is 5.13. The van der Waals surface area contributed by atoms with Gasteiger partial charge >= 0.3 is 0 Å². The summed E-state index contributed by atoms with van der Waals surface area (Å²) in [6.07, 6.45) is 2.45. The van der Waals surface area contributed by atoms with Crippen LogP contribution in [0.4, 0.5) is 0 Å². The van der Waals surface area contributed by atoms with Crippen LogP contribution in [0.2, 0.25) is 0 Å². The fraction of sp³-hybridized carbons (Fsp3) is 0.714. The summed E-state index contributed by atoms with van der Waals surface area (Å²) < 4.78 is 0. The Bertz CT molecular complexity index is 158. The molecule has 0 aromatic rings. The van der Waals surface area contributed by atoms with Crippen LogP contribution in [0.5, 0.6) is 0 Å². The number of hydrogen-bond donors (Lipinski definition) is 1. The molecule has 1 nitrogen and oxygen atoms in total. The Hall–Kier alpha value is 0.400. The van der Waals surface area contributed by atoms with Crippen molar-refractivity contribution >= 4 is 23.5 Å². The number of thioether (sulfide) groups is 2. The maximum absolute atomic E-state index is 5.81. The third-order valence-corrected chi connectivity index (χ3v) is 4.27. The van der Waals surface area contributed by atoms with Crippen LogP contribution >= 0.6 is 23.5 Å². The van der Waals surface area contributed by atoms with Gasteiger partial charge in [-0.3, -0.25) is 0 Å². The van der Waals surface area contributed by atoms with E-state index in [0.717, 1.165) is 6.42 Å². The van der Waals surface area contributed by atoms with Gasteiger partial charge in [0.15, 0.2) is 0 Å². The highest BCUT2D eigenvalue weighted by atomic mass is 32.2. The van der Waals surface area contributed by atoms with E-state index in [9.17, 15) is 0 Å². The Kier molecular flexibility index (Phi) is 1.98. The van der Waals surface area contributed by atoms with Crippen molar-refractivity contribution in [1.29, 1.82) is 0 Å². The largest absolute Gasteiger partial charge is 0.319 e. The molecule has 0 aliphatic carbocycles. The van der Waals surface area contributed by atoms with Crippen molar-refractivity contribution < 1.29 is 0 Å². The predicted octanol–water partition coefficient (Wildman–Crippen LogP) is 1.80. The molecule has 2 N–H and O–H groups in total. The molecule has 10 heavy (non-hydrogen) atoms. The first-order chi connectivity index (χ1) is 4.86.